The summed E-state index contributed by atoms with van der Waals surface area (Å²) < 4.78 is 5.38. The highest BCUT2D eigenvalue weighted by atomic mass is 16.6. The van der Waals surface area contributed by atoms with Gasteiger partial charge in [-0.3, -0.25) is 15.1 Å². The van der Waals surface area contributed by atoms with Gasteiger partial charge in [0, 0.05) is 25.3 Å². The van der Waals surface area contributed by atoms with Crippen LogP contribution in [0.1, 0.15) is 33.6 Å². The Morgan fingerprint density at radius 2 is 2.26 bits per heavy atom. The third-order valence-electron chi connectivity index (χ3n) is 3.43. The van der Waals surface area contributed by atoms with E-state index in [1.807, 2.05) is 20.8 Å². The Labute approximate surface area is 135 Å². The number of nitro groups is 1. The molecule has 0 aliphatic carbocycles. The largest absolute Gasteiger partial charge is 0.444 e. The number of piperidine rings is 1. The van der Waals surface area contributed by atoms with Crippen LogP contribution in [0.2, 0.25) is 0 Å². The number of anilines is 1. The van der Waals surface area contributed by atoms with Gasteiger partial charge < -0.3 is 15.0 Å². The van der Waals surface area contributed by atoms with Gasteiger partial charge in [0.25, 0.3) is 0 Å². The first kappa shape index (κ1) is 17.0. The third-order valence-corrected chi connectivity index (χ3v) is 3.43. The fraction of sp³-hybridized carbons (Fsp3) is 0.600. The number of rotatable bonds is 3. The normalized spacial score (nSPS) is 18.4. The van der Waals surface area contributed by atoms with Crippen LogP contribution in [0.4, 0.5) is 16.2 Å². The van der Waals surface area contributed by atoms with Crippen molar-refractivity contribution in [3.8, 4) is 0 Å². The predicted molar refractivity (Wildman–Crippen MR) is 85.3 cm³/mol. The molecule has 1 atom stereocenters. The van der Waals surface area contributed by atoms with Crippen LogP contribution in [0.25, 0.3) is 0 Å². The molecule has 0 radical (unpaired) electrons. The second-order valence-electron chi connectivity index (χ2n) is 6.56. The highest BCUT2D eigenvalue weighted by Crippen LogP contribution is 2.25. The van der Waals surface area contributed by atoms with Crippen molar-refractivity contribution in [1.82, 2.24) is 9.88 Å². The monoisotopic (exact) mass is 322 g/mol. The lowest BCUT2D eigenvalue weighted by atomic mass is 10.1. The Bertz CT molecular complexity index is 585. The van der Waals surface area contributed by atoms with Gasteiger partial charge in [0.2, 0.25) is 0 Å². The van der Waals surface area contributed by atoms with E-state index in [4.69, 9.17) is 4.74 Å². The van der Waals surface area contributed by atoms with Gasteiger partial charge in [0.05, 0.1) is 4.92 Å². The Hall–Kier alpha value is -2.38. The Kier molecular flexibility index (Phi) is 5.02. The maximum absolute atomic E-state index is 12.1. The van der Waals surface area contributed by atoms with Crippen LogP contribution in [0, 0.1) is 10.1 Å². The predicted octanol–water partition coefficient (Wildman–Crippen LogP) is 2.80. The molecule has 1 aliphatic rings. The van der Waals surface area contributed by atoms with Gasteiger partial charge in [-0.2, -0.15) is 0 Å². The molecular weight excluding hydrogens is 300 g/mol. The van der Waals surface area contributed by atoms with Crippen molar-refractivity contribution in [3.05, 3.63) is 28.6 Å². The summed E-state index contributed by atoms with van der Waals surface area (Å²) in [5.74, 6) is 0. The highest BCUT2D eigenvalue weighted by Gasteiger charge is 2.28. The molecule has 8 nitrogen and oxygen atoms in total. The van der Waals surface area contributed by atoms with Crippen LogP contribution >= 0.6 is 0 Å². The first-order valence-electron chi connectivity index (χ1n) is 7.59. The van der Waals surface area contributed by atoms with Crippen LogP contribution in [0.15, 0.2) is 18.5 Å². The van der Waals surface area contributed by atoms with Crippen LogP contribution < -0.4 is 5.32 Å². The number of carbonyl (C=O) groups excluding carboxylic acids is 1. The summed E-state index contributed by atoms with van der Waals surface area (Å²) in [6, 6.07) is 1.52. The molecule has 1 aromatic heterocycles. The summed E-state index contributed by atoms with van der Waals surface area (Å²) in [5, 5.41) is 14.2. The van der Waals surface area contributed by atoms with E-state index in [1.54, 1.807) is 11.0 Å². The van der Waals surface area contributed by atoms with Crippen LogP contribution in [-0.4, -0.2) is 45.6 Å². The van der Waals surface area contributed by atoms with E-state index in [0.717, 1.165) is 12.8 Å². The van der Waals surface area contributed by atoms with Gasteiger partial charge in [0.15, 0.2) is 0 Å². The van der Waals surface area contributed by atoms with Gasteiger partial charge in [-0.05, 0) is 39.7 Å². The Morgan fingerprint density at radius 3 is 2.91 bits per heavy atom. The standard InChI is InChI=1S/C15H22N4O4/c1-15(2,3)23-14(20)18-8-4-5-11(10-18)17-12-6-7-16-9-13(12)19(21)22/h6-7,9,11H,4-5,8,10H2,1-3H3,(H,16,17). The number of pyridine rings is 1. The molecule has 1 amide bonds. The summed E-state index contributed by atoms with van der Waals surface area (Å²) in [6.07, 6.45) is 4.02. The molecule has 0 saturated carbocycles. The number of ether oxygens (including phenoxy) is 1. The zero-order chi connectivity index (χ0) is 17.0. The van der Waals surface area contributed by atoms with Crippen molar-refractivity contribution in [3.63, 3.8) is 0 Å². The van der Waals surface area contributed by atoms with Gasteiger partial charge >= 0.3 is 11.8 Å². The molecule has 1 aliphatic heterocycles. The quantitative estimate of drug-likeness (QED) is 0.679. The minimum absolute atomic E-state index is 0.0580. The molecule has 8 heteroatoms. The fourth-order valence-corrected chi connectivity index (χ4v) is 2.46. The topological polar surface area (TPSA) is 97.6 Å². The molecule has 23 heavy (non-hydrogen) atoms. The summed E-state index contributed by atoms with van der Waals surface area (Å²) in [7, 11) is 0. The molecule has 1 N–H and O–H groups in total. The maximum Gasteiger partial charge on any atom is 0.410 e. The minimum atomic E-state index is -0.540. The average Bonchev–Trinajstić information content (AvgIpc) is 2.46. The zero-order valence-corrected chi connectivity index (χ0v) is 13.6. The number of hydrogen-bond donors (Lipinski definition) is 1. The molecule has 0 bridgehead atoms. The van der Waals surface area contributed by atoms with Gasteiger partial charge in [-0.15, -0.1) is 0 Å². The summed E-state index contributed by atoms with van der Waals surface area (Å²) in [5.41, 5.74) is -0.190. The molecule has 126 valence electrons. The first-order chi connectivity index (χ1) is 10.8. The second kappa shape index (κ2) is 6.80. The molecule has 1 fully saturated rings. The summed E-state index contributed by atoms with van der Waals surface area (Å²) >= 11 is 0. The highest BCUT2D eigenvalue weighted by molar-refractivity contribution is 5.68. The lowest BCUT2D eigenvalue weighted by molar-refractivity contribution is -0.384. The Balaban J connectivity index is 2.02. The number of likely N-dealkylation sites (tertiary alicyclic amines) is 1. The SMILES string of the molecule is CC(C)(C)OC(=O)N1CCCC(Nc2ccncc2[N+](=O)[O-])C1. The second-order valence-corrected chi connectivity index (χ2v) is 6.56. The van der Waals surface area contributed by atoms with E-state index in [0.29, 0.717) is 18.8 Å². The first-order valence-corrected chi connectivity index (χ1v) is 7.59. The van der Waals surface area contributed by atoms with Crippen molar-refractivity contribution in [1.29, 1.82) is 0 Å². The number of hydrogen-bond acceptors (Lipinski definition) is 6. The van der Waals surface area contributed by atoms with Gasteiger partial charge in [0.1, 0.15) is 17.5 Å². The molecule has 1 aromatic rings. The van der Waals surface area contributed by atoms with Crippen LogP contribution in [0.5, 0.6) is 0 Å². The van der Waals surface area contributed by atoms with Crippen molar-refractivity contribution < 1.29 is 14.5 Å². The molecule has 2 heterocycles. The van der Waals surface area contributed by atoms with Crippen molar-refractivity contribution in [2.24, 2.45) is 0 Å². The number of nitrogens with one attached hydrogen (secondary N) is 1. The number of aromatic nitrogens is 1. The van der Waals surface area contributed by atoms with Crippen LogP contribution in [0.3, 0.4) is 0 Å². The van der Waals surface area contributed by atoms with E-state index in [9.17, 15) is 14.9 Å². The number of amides is 1. The molecule has 0 spiro atoms. The molecule has 2 rings (SSSR count). The minimum Gasteiger partial charge on any atom is -0.444 e. The van der Waals surface area contributed by atoms with Crippen LogP contribution in [-0.2, 0) is 4.74 Å². The molecular formula is C15H22N4O4. The van der Waals surface area contributed by atoms with Gasteiger partial charge in [-0.1, -0.05) is 0 Å². The lowest BCUT2D eigenvalue weighted by Crippen LogP contribution is -2.47. The van der Waals surface area contributed by atoms with E-state index in [2.05, 4.69) is 10.3 Å². The summed E-state index contributed by atoms with van der Waals surface area (Å²) in [4.78, 5) is 28.1. The van der Waals surface area contributed by atoms with E-state index in [-0.39, 0.29) is 17.8 Å². The maximum atomic E-state index is 12.1. The molecule has 0 aromatic carbocycles. The number of carbonyl (C=O) groups is 1. The zero-order valence-electron chi connectivity index (χ0n) is 13.6. The molecule has 1 unspecified atom stereocenters. The fourth-order valence-electron chi connectivity index (χ4n) is 2.46. The van der Waals surface area contributed by atoms with E-state index < -0.39 is 10.5 Å². The van der Waals surface area contributed by atoms with E-state index >= 15 is 0 Å². The number of nitrogens with zero attached hydrogens (tertiary/aromatic N) is 3. The van der Waals surface area contributed by atoms with E-state index in [1.165, 1.54) is 12.4 Å². The lowest BCUT2D eigenvalue weighted by Gasteiger charge is -2.34. The van der Waals surface area contributed by atoms with Crippen molar-refractivity contribution >= 4 is 17.5 Å². The van der Waals surface area contributed by atoms with Gasteiger partial charge in [-0.25, -0.2) is 4.79 Å². The third kappa shape index (κ3) is 4.80. The average molecular weight is 322 g/mol. The van der Waals surface area contributed by atoms with Crippen molar-refractivity contribution in [2.75, 3.05) is 18.4 Å². The van der Waals surface area contributed by atoms with Crippen molar-refractivity contribution in [2.45, 2.75) is 45.3 Å². The Morgan fingerprint density at radius 1 is 1.52 bits per heavy atom. The molecule has 1 saturated heterocycles. The smallest absolute Gasteiger partial charge is 0.410 e. The summed E-state index contributed by atoms with van der Waals surface area (Å²) in [6.45, 7) is 6.56.